The minimum absolute atomic E-state index is 0.0237. The van der Waals surface area contributed by atoms with Crippen LogP contribution in [0.1, 0.15) is 26.3 Å². The molecule has 3 rings (SSSR count). The Kier molecular flexibility index (Phi) is 4.99. The summed E-state index contributed by atoms with van der Waals surface area (Å²) in [7, 11) is 0. The Bertz CT molecular complexity index is 911. The van der Waals surface area contributed by atoms with Crippen molar-refractivity contribution in [2.24, 2.45) is 0 Å². The molecule has 0 atom stereocenters. The summed E-state index contributed by atoms with van der Waals surface area (Å²) in [6.45, 7) is 0. The first-order chi connectivity index (χ1) is 12.4. The number of nitrogens with one attached hydrogen (secondary N) is 2. The average Bonchev–Trinajstić information content (AvgIpc) is 2.89. The lowest BCUT2D eigenvalue weighted by atomic mass is 10.1. The quantitative estimate of drug-likeness (QED) is 0.457. The number of nitrogens with zero attached hydrogens (tertiary/aromatic N) is 1. The number of imide groups is 1. The zero-order valence-electron chi connectivity index (χ0n) is 13.4. The Balaban J connectivity index is 1.52. The van der Waals surface area contributed by atoms with Crippen LogP contribution in [0.15, 0.2) is 42.5 Å². The average molecular weight is 371 g/mol. The molecular formula is C17H13N3O5S. The monoisotopic (exact) mass is 371 g/mol. The van der Waals surface area contributed by atoms with Gasteiger partial charge in [-0.3, -0.25) is 29.8 Å². The smallest absolute Gasteiger partial charge is 0.269 e. The molecule has 0 unspecified atom stereocenters. The molecule has 0 saturated carbocycles. The highest BCUT2D eigenvalue weighted by molar-refractivity contribution is 7.99. The fourth-order valence-corrected chi connectivity index (χ4v) is 3.21. The molecule has 1 aliphatic rings. The molecule has 3 amide bonds. The molecule has 2 N–H and O–H groups in total. The maximum atomic E-state index is 12.0. The molecule has 8 nitrogen and oxygen atoms in total. The van der Waals surface area contributed by atoms with Gasteiger partial charge in [0.15, 0.2) is 0 Å². The van der Waals surface area contributed by atoms with Crippen molar-refractivity contribution in [2.75, 3.05) is 11.1 Å². The van der Waals surface area contributed by atoms with Crippen LogP contribution >= 0.6 is 11.8 Å². The molecule has 132 valence electrons. The Hall–Kier alpha value is -3.20. The summed E-state index contributed by atoms with van der Waals surface area (Å²) < 4.78 is 0. The molecule has 0 spiro atoms. The van der Waals surface area contributed by atoms with Gasteiger partial charge in [-0.15, -0.1) is 11.8 Å². The van der Waals surface area contributed by atoms with Gasteiger partial charge >= 0.3 is 0 Å². The minimum atomic E-state index is -0.478. The van der Waals surface area contributed by atoms with Crippen LogP contribution in [0.2, 0.25) is 0 Å². The van der Waals surface area contributed by atoms with E-state index in [0.717, 1.165) is 5.56 Å². The van der Waals surface area contributed by atoms with E-state index in [2.05, 4.69) is 10.6 Å². The standard InChI is InChI=1S/C17H13N3O5S/c21-15(9-26-8-10-1-4-12(5-2-10)20(24)25)18-11-3-6-13-14(7-11)17(23)19-16(13)22/h1-7H,8-9H2,(H,18,21)(H,19,22,23). The number of nitro groups is 1. The van der Waals surface area contributed by atoms with Crippen molar-refractivity contribution >= 4 is 40.9 Å². The predicted molar refractivity (Wildman–Crippen MR) is 96.1 cm³/mol. The van der Waals surface area contributed by atoms with Crippen LogP contribution in [0.25, 0.3) is 0 Å². The molecule has 0 aliphatic carbocycles. The normalized spacial score (nSPS) is 12.5. The molecule has 0 radical (unpaired) electrons. The minimum Gasteiger partial charge on any atom is -0.325 e. The van der Waals surface area contributed by atoms with E-state index in [-0.39, 0.29) is 22.9 Å². The Morgan fingerprint density at radius 1 is 1.08 bits per heavy atom. The number of amides is 3. The van der Waals surface area contributed by atoms with E-state index >= 15 is 0 Å². The van der Waals surface area contributed by atoms with Crippen LogP contribution in [0, 0.1) is 10.1 Å². The van der Waals surface area contributed by atoms with E-state index in [1.54, 1.807) is 18.2 Å². The number of carbonyl (C=O) groups excluding carboxylic acids is 3. The van der Waals surface area contributed by atoms with Gasteiger partial charge in [-0.25, -0.2) is 0 Å². The van der Waals surface area contributed by atoms with E-state index in [9.17, 15) is 24.5 Å². The Morgan fingerprint density at radius 3 is 2.46 bits per heavy atom. The van der Waals surface area contributed by atoms with Gasteiger partial charge in [-0.1, -0.05) is 12.1 Å². The van der Waals surface area contributed by atoms with Gasteiger partial charge in [0.05, 0.1) is 21.8 Å². The lowest BCUT2D eigenvalue weighted by Crippen LogP contribution is -2.19. The van der Waals surface area contributed by atoms with E-state index in [4.69, 9.17) is 0 Å². The summed E-state index contributed by atoms with van der Waals surface area (Å²) in [4.78, 5) is 45.2. The summed E-state index contributed by atoms with van der Waals surface area (Å²) in [5.74, 6) is -0.456. The number of hydrogen-bond donors (Lipinski definition) is 2. The van der Waals surface area contributed by atoms with Crippen LogP contribution in [0.5, 0.6) is 0 Å². The van der Waals surface area contributed by atoms with Crippen LogP contribution in [0.3, 0.4) is 0 Å². The van der Waals surface area contributed by atoms with Crippen molar-refractivity contribution in [3.8, 4) is 0 Å². The summed E-state index contributed by atoms with van der Waals surface area (Å²) in [6.07, 6.45) is 0. The van der Waals surface area contributed by atoms with Crippen molar-refractivity contribution in [2.45, 2.75) is 5.75 Å². The molecule has 0 fully saturated rings. The molecular weight excluding hydrogens is 358 g/mol. The number of nitro benzene ring substituents is 1. The van der Waals surface area contributed by atoms with Crippen molar-refractivity contribution in [1.82, 2.24) is 5.32 Å². The maximum Gasteiger partial charge on any atom is 0.269 e. The molecule has 0 aromatic heterocycles. The van der Waals surface area contributed by atoms with Gasteiger partial charge in [0.2, 0.25) is 5.91 Å². The molecule has 0 saturated heterocycles. The first-order valence-electron chi connectivity index (χ1n) is 7.54. The third kappa shape index (κ3) is 3.89. The maximum absolute atomic E-state index is 12.0. The highest BCUT2D eigenvalue weighted by Crippen LogP contribution is 2.21. The summed E-state index contributed by atoms with van der Waals surface area (Å²) in [5.41, 5.74) is 1.87. The van der Waals surface area contributed by atoms with Gasteiger partial charge < -0.3 is 5.32 Å². The van der Waals surface area contributed by atoms with Crippen molar-refractivity contribution in [3.05, 3.63) is 69.3 Å². The van der Waals surface area contributed by atoms with Crippen molar-refractivity contribution in [3.63, 3.8) is 0 Å². The third-order valence-electron chi connectivity index (χ3n) is 3.67. The lowest BCUT2D eigenvalue weighted by molar-refractivity contribution is -0.384. The molecule has 1 heterocycles. The Morgan fingerprint density at radius 2 is 1.77 bits per heavy atom. The largest absolute Gasteiger partial charge is 0.325 e. The molecule has 2 aromatic rings. The number of thioether (sulfide) groups is 1. The number of carbonyl (C=O) groups is 3. The first kappa shape index (κ1) is 17.6. The lowest BCUT2D eigenvalue weighted by Gasteiger charge is -2.06. The number of anilines is 1. The van der Waals surface area contributed by atoms with Crippen LogP contribution in [-0.2, 0) is 10.5 Å². The van der Waals surface area contributed by atoms with Gasteiger partial charge in [-0.2, -0.15) is 0 Å². The van der Waals surface area contributed by atoms with Crippen LogP contribution < -0.4 is 10.6 Å². The second kappa shape index (κ2) is 7.36. The Labute approximate surface area is 152 Å². The number of non-ortho nitro benzene ring substituents is 1. The fraction of sp³-hybridized carbons (Fsp3) is 0.118. The van der Waals surface area contributed by atoms with E-state index in [0.29, 0.717) is 17.0 Å². The second-order valence-electron chi connectivity index (χ2n) is 5.51. The number of fused-ring (bicyclic) bond motifs is 1. The van der Waals surface area contributed by atoms with Crippen molar-refractivity contribution < 1.29 is 19.3 Å². The van der Waals surface area contributed by atoms with Gasteiger partial charge in [0.25, 0.3) is 17.5 Å². The first-order valence-corrected chi connectivity index (χ1v) is 8.70. The molecule has 2 aromatic carbocycles. The summed E-state index contributed by atoms with van der Waals surface area (Å²) in [6, 6.07) is 10.7. The van der Waals surface area contributed by atoms with Gasteiger partial charge in [0, 0.05) is 23.6 Å². The molecule has 0 bridgehead atoms. The number of rotatable bonds is 6. The van der Waals surface area contributed by atoms with E-state index < -0.39 is 16.7 Å². The predicted octanol–water partition coefficient (Wildman–Crippen LogP) is 2.35. The topological polar surface area (TPSA) is 118 Å². The number of benzene rings is 2. The summed E-state index contributed by atoms with van der Waals surface area (Å²) >= 11 is 1.36. The van der Waals surface area contributed by atoms with Crippen LogP contribution in [-0.4, -0.2) is 28.4 Å². The molecule has 1 aliphatic heterocycles. The van der Waals surface area contributed by atoms with Gasteiger partial charge in [0.1, 0.15) is 0 Å². The van der Waals surface area contributed by atoms with E-state index in [1.807, 2.05) is 0 Å². The second-order valence-corrected chi connectivity index (χ2v) is 6.49. The molecule has 26 heavy (non-hydrogen) atoms. The SMILES string of the molecule is O=C(CSCc1ccc([N+](=O)[O-])cc1)Nc1ccc2c(c1)C(=O)NC2=O. The third-order valence-corrected chi connectivity index (χ3v) is 4.67. The zero-order valence-corrected chi connectivity index (χ0v) is 14.2. The van der Waals surface area contributed by atoms with Crippen molar-refractivity contribution in [1.29, 1.82) is 0 Å². The fourth-order valence-electron chi connectivity index (χ4n) is 2.42. The highest BCUT2D eigenvalue weighted by atomic mass is 32.2. The summed E-state index contributed by atoms with van der Waals surface area (Å²) in [5, 5.41) is 15.5. The number of hydrogen-bond acceptors (Lipinski definition) is 6. The molecule has 9 heteroatoms. The zero-order chi connectivity index (χ0) is 18.7. The highest BCUT2D eigenvalue weighted by Gasteiger charge is 2.26. The van der Waals surface area contributed by atoms with E-state index in [1.165, 1.54) is 36.0 Å². The van der Waals surface area contributed by atoms with Gasteiger partial charge in [-0.05, 0) is 23.8 Å². The van der Waals surface area contributed by atoms with Crippen LogP contribution in [0.4, 0.5) is 11.4 Å².